The molecule has 13 heteroatoms. The average molecular weight is 532 g/mol. The van der Waals surface area contributed by atoms with Crippen molar-refractivity contribution < 1.29 is 30.8 Å². The Morgan fingerprint density at radius 1 is 1.11 bits per heavy atom. The number of alkyl halides is 3. The number of amides is 1. The van der Waals surface area contributed by atoms with Crippen molar-refractivity contribution in [1.29, 1.82) is 0 Å². The van der Waals surface area contributed by atoms with Crippen molar-refractivity contribution in [3.05, 3.63) is 72.4 Å². The van der Waals surface area contributed by atoms with Gasteiger partial charge in [-0.1, -0.05) is 18.2 Å². The van der Waals surface area contributed by atoms with Gasteiger partial charge in [-0.15, -0.1) is 0 Å². The molecule has 9 nitrogen and oxygen atoms in total. The van der Waals surface area contributed by atoms with Crippen molar-refractivity contribution >= 4 is 26.9 Å². The smallest absolute Gasteiger partial charge is 0.434 e. The van der Waals surface area contributed by atoms with E-state index in [9.17, 15) is 26.4 Å². The Kier molecular flexibility index (Phi) is 6.42. The lowest BCUT2D eigenvalue weighted by molar-refractivity contribution is -0.141. The Labute approximate surface area is 209 Å². The minimum absolute atomic E-state index is 0.0181. The molecule has 1 saturated heterocycles. The minimum Gasteiger partial charge on any atom is -0.443 e. The van der Waals surface area contributed by atoms with Crippen LogP contribution in [0.5, 0.6) is 0 Å². The first-order valence-electron chi connectivity index (χ1n) is 11.3. The van der Waals surface area contributed by atoms with Gasteiger partial charge in [0.25, 0.3) is 10.0 Å². The maximum absolute atomic E-state index is 13.2. The number of para-hydroxylation sites is 1. The molecule has 5 rings (SSSR count). The predicted octanol–water partition coefficient (Wildman–Crippen LogP) is 3.77. The van der Waals surface area contributed by atoms with E-state index in [1.165, 1.54) is 12.3 Å². The van der Waals surface area contributed by atoms with Crippen LogP contribution in [0.25, 0.3) is 22.2 Å². The first kappa shape index (κ1) is 24.8. The van der Waals surface area contributed by atoms with E-state index in [-0.39, 0.29) is 23.9 Å². The molecule has 1 aromatic carbocycles. The number of aromatic nitrogens is 3. The lowest BCUT2D eigenvalue weighted by Crippen LogP contribution is -2.45. The van der Waals surface area contributed by atoms with Crippen molar-refractivity contribution in [3.63, 3.8) is 0 Å². The maximum atomic E-state index is 13.2. The number of carbonyl (C=O) groups is 1. The molecule has 0 unspecified atom stereocenters. The van der Waals surface area contributed by atoms with Crippen molar-refractivity contribution in [2.24, 2.45) is 0 Å². The second-order valence-electron chi connectivity index (χ2n) is 8.42. The second kappa shape index (κ2) is 9.56. The van der Waals surface area contributed by atoms with Gasteiger partial charge in [-0.2, -0.15) is 17.5 Å². The molecule has 1 N–H and O–H groups in total. The fourth-order valence-corrected chi connectivity index (χ4v) is 5.75. The van der Waals surface area contributed by atoms with E-state index >= 15 is 0 Å². The molecule has 0 bridgehead atoms. The second-order valence-corrected chi connectivity index (χ2v) is 10.2. The number of furan rings is 1. The summed E-state index contributed by atoms with van der Waals surface area (Å²) < 4.78 is 71.4. The van der Waals surface area contributed by atoms with Crippen LogP contribution in [0.15, 0.2) is 70.6 Å². The molecule has 1 amide bonds. The molecule has 0 aliphatic carbocycles. The number of carbonyl (C=O) groups excluding carboxylic acids is 1. The summed E-state index contributed by atoms with van der Waals surface area (Å²) in [6.45, 7) is 0.160. The Morgan fingerprint density at radius 2 is 1.92 bits per heavy atom. The molecular formula is C24H20F3N5O4S. The Bertz CT molecular complexity index is 1520. The third-order valence-corrected chi connectivity index (χ3v) is 7.73. The lowest BCUT2D eigenvalue weighted by atomic mass is 10.1. The van der Waals surface area contributed by atoms with Crippen LogP contribution in [0.1, 0.15) is 24.2 Å². The zero-order valence-electron chi connectivity index (χ0n) is 19.1. The monoisotopic (exact) mass is 531 g/mol. The van der Waals surface area contributed by atoms with Crippen LogP contribution in [0.4, 0.5) is 13.2 Å². The summed E-state index contributed by atoms with van der Waals surface area (Å²) in [5.74, 6) is -0.487. The van der Waals surface area contributed by atoms with E-state index < -0.39 is 33.8 Å². The van der Waals surface area contributed by atoms with Gasteiger partial charge in [-0.3, -0.25) is 14.8 Å². The molecule has 4 heterocycles. The Hall–Kier alpha value is -3.84. The van der Waals surface area contributed by atoms with Crippen molar-refractivity contribution in [2.75, 3.05) is 6.54 Å². The molecule has 0 spiro atoms. The van der Waals surface area contributed by atoms with Gasteiger partial charge < -0.3 is 9.73 Å². The molecule has 0 radical (unpaired) electrons. The van der Waals surface area contributed by atoms with Gasteiger partial charge in [0.1, 0.15) is 11.6 Å². The van der Waals surface area contributed by atoms with E-state index in [2.05, 4.69) is 20.3 Å². The molecule has 37 heavy (non-hydrogen) atoms. The van der Waals surface area contributed by atoms with Gasteiger partial charge in [-0.05, 0) is 31.0 Å². The van der Waals surface area contributed by atoms with E-state index in [0.717, 1.165) is 10.5 Å². The minimum atomic E-state index is -4.59. The van der Waals surface area contributed by atoms with Crippen LogP contribution < -0.4 is 5.32 Å². The van der Waals surface area contributed by atoms with Crippen LogP contribution in [0, 0.1) is 0 Å². The summed E-state index contributed by atoms with van der Waals surface area (Å²) in [6.07, 6.45) is -0.638. The lowest BCUT2D eigenvalue weighted by Gasteiger charge is -2.22. The van der Waals surface area contributed by atoms with E-state index in [1.54, 1.807) is 36.4 Å². The van der Waals surface area contributed by atoms with Gasteiger partial charge in [0.15, 0.2) is 5.69 Å². The van der Waals surface area contributed by atoms with E-state index in [1.807, 2.05) is 0 Å². The molecular weight excluding hydrogens is 511 g/mol. The summed E-state index contributed by atoms with van der Waals surface area (Å²) in [6, 6.07) is 10.6. The highest BCUT2D eigenvalue weighted by Crippen LogP contribution is 2.30. The van der Waals surface area contributed by atoms with Crippen LogP contribution >= 0.6 is 0 Å². The highest BCUT2D eigenvalue weighted by molar-refractivity contribution is 7.89. The van der Waals surface area contributed by atoms with Crippen LogP contribution in [0.3, 0.4) is 0 Å². The third-order valence-electron chi connectivity index (χ3n) is 5.97. The number of rotatable bonds is 6. The topological polar surface area (TPSA) is 118 Å². The summed E-state index contributed by atoms with van der Waals surface area (Å²) in [7, 11) is -4.04. The zero-order valence-corrected chi connectivity index (χ0v) is 20.0. The largest absolute Gasteiger partial charge is 0.443 e. The van der Waals surface area contributed by atoms with E-state index in [0.29, 0.717) is 41.3 Å². The average Bonchev–Trinajstić information content (AvgIpc) is 3.55. The maximum Gasteiger partial charge on any atom is 0.434 e. The molecule has 1 atom stereocenters. The van der Waals surface area contributed by atoms with Crippen molar-refractivity contribution in [3.8, 4) is 11.3 Å². The molecule has 192 valence electrons. The highest BCUT2D eigenvalue weighted by atomic mass is 32.2. The van der Waals surface area contributed by atoms with Gasteiger partial charge >= 0.3 is 6.18 Å². The fraction of sp³-hybridized carbons (Fsp3) is 0.250. The number of fused-ring (bicyclic) bond motifs is 1. The molecule has 1 fully saturated rings. The molecule has 0 saturated carbocycles. The van der Waals surface area contributed by atoms with Crippen molar-refractivity contribution in [1.82, 2.24) is 24.6 Å². The van der Waals surface area contributed by atoms with Crippen LogP contribution in [-0.4, -0.2) is 46.2 Å². The normalized spacial score (nSPS) is 16.8. The first-order valence-corrected chi connectivity index (χ1v) is 12.7. The number of halogens is 3. The van der Waals surface area contributed by atoms with Crippen molar-refractivity contribution in [2.45, 2.75) is 36.7 Å². The summed E-state index contributed by atoms with van der Waals surface area (Å²) in [5.41, 5.74) is 0.427. The van der Waals surface area contributed by atoms with E-state index in [4.69, 9.17) is 4.42 Å². The van der Waals surface area contributed by atoms with Gasteiger partial charge in [0.2, 0.25) is 11.0 Å². The Balaban J connectivity index is 1.28. The quantitative estimate of drug-likeness (QED) is 0.402. The predicted molar refractivity (Wildman–Crippen MR) is 125 cm³/mol. The third kappa shape index (κ3) is 5.04. The molecule has 1 aliphatic rings. The molecule has 3 aromatic heterocycles. The standard InChI is InChI=1S/C24H20F3N5O4S/c25-24(26,27)21-14-29-18(13-30-21)15-7-8-28-17(10-15)12-31-23(33)19-5-3-9-32(19)37(34,35)22-11-16-4-1-2-6-20(16)36-22/h1-2,4,6-8,10-11,13-14,19H,3,5,9,12H2,(H,31,33)/t19-/m0/s1. The zero-order chi connectivity index (χ0) is 26.2. The van der Waals surface area contributed by atoms with Gasteiger partial charge in [-0.25, -0.2) is 13.4 Å². The summed E-state index contributed by atoms with van der Waals surface area (Å²) in [5, 5.41) is 3.13. The number of hydrogen-bond donors (Lipinski definition) is 1. The SMILES string of the molecule is O=C(NCc1cc(-c2cnc(C(F)(F)F)cn2)ccn1)[C@@H]1CCCN1S(=O)(=O)c1cc2ccccc2o1. The summed E-state index contributed by atoms with van der Waals surface area (Å²) >= 11 is 0. The summed E-state index contributed by atoms with van der Waals surface area (Å²) in [4.78, 5) is 24.4. The molecule has 1 aliphatic heterocycles. The number of nitrogens with one attached hydrogen (secondary N) is 1. The number of sulfonamides is 1. The van der Waals surface area contributed by atoms with Crippen LogP contribution in [0.2, 0.25) is 0 Å². The van der Waals surface area contributed by atoms with Crippen LogP contribution in [-0.2, 0) is 27.5 Å². The Morgan fingerprint density at radius 3 is 2.65 bits per heavy atom. The number of benzene rings is 1. The van der Waals surface area contributed by atoms with Gasteiger partial charge in [0.05, 0.1) is 30.3 Å². The number of pyridine rings is 1. The first-order chi connectivity index (χ1) is 17.6. The van der Waals surface area contributed by atoms with Gasteiger partial charge in [0, 0.05) is 29.8 Å². The fourth-order valence-electron chi connectivity index (χ4n) is 4.14. The highest BCUT2D eigenvalue weighted by Gasteiger charge is 2.41. The number of hydrogen-bond acceptors (Lipinski definition) is 7. The molecule has 4 aromatic rings. The number of nitrogens with zero attached hydrogens (tertiary/aromatic N) is 4.